The van der Waals surface area contributed by atoms with Crippen molar-refractivity contribution in [3.05, 3.63) is 41.7 Å². The molecular formula is C25H34N8O2. The van der Waals surface area contributed by atoms with Crippen LogP contribution in [0.25, 0.3) is 0 Å². The number of primary amides is 1. The molecule has 4 heterocycles. The van der Waals surface area contributed by atoms with Gasteiger partial charge in [0, 0.05) is 38.9 Å². The van der Waals surface area contributed by atoms with Crippen molar-refractivity contribution in [2.45, 2.75) is 37.6 Å². The summed E-state index contributed by atoms with van der Waals surface area (Å²) in [5, 5.41) is 6.66. The molecule has 5 rings (SSSR count). The summed E-state index contributed by atoms with van der Waals surface area (Å²) in [4.78, 5) is 39.5. The van der Waals surface area contributed by atoms with Crippen LogP contribution in [0.5, 0.6) is 0 Å². The molecule has 1 aromatic heterocycles. The number of carbonyl (C=O) groups is 2. The minimum atomic E-state index is -0.625. The standard InChI is InChI=1S/C25H34N8O2/c1-31-13-14-33(25(31)35)20-3-2-12-32(16-20)21-15-28-22(23(26)34)24(30-21)29-19-6-4-17(5-7-19)18-8-10-27-11-9-18/h4-7,15,18,20,27H,2-3,8-14,16H2,1H3,(H2,26,34)(H,29,30). The quantitative estimate of drug-likeness (QED) is 0.582. The van der Waals surface area contributed by atoms with Crippen LogP contribution in [0.3, 0.4) is 0 Å². The largest absolute Gasteiger partial charge is 0.364 e. The molecule has 3 fully saturated rings. The number of anilines is 3. The summed E-state index contributed by atoms with van der Waals surface area (Å²) in [6.45, 7) is 5.12. The van der Waals surface area contributed by atoms with Gasteiger partial charge in [-0.25, -0.2) is 14.8 Å². The highest BCUT2D eigenvalue weighted by atomic mass is 16.2. The molecule has 0 radical (unpaired) electrons. The number of hydrogen-bond donors (Lipinski definition) is 3. The third-order valence-corrected chi connectivity index (χ3v) is 7.39. The van der Waals surface area contributed by atoms with E-state index in [9.17, 15) is 9.59 Å². The Hall–Kier alpha value is -3.40. The fourth-order valence-corrected chi connectivity index (χ4v) is 5.35. The number of likely N-dealkylation sites (N-methyl/N-ethyl adjacent to an activating group) is 1. The lowest BCUT2D eigenvalue weighted by atomic mass is 9.90. The van der Waals surface area contributed by atoms with Crippen LogP contribution in [0.2, 0.25) is 0 Å². The van der Waals surface area contributed by atoms with Crippen LogP contribution in [0, 0.1) is 0 Å². The van der Waals surface area contributed by atoms with Crippen molar-refractivity contribution in [3.63, 3.8) is 0 Å². The van der Waals surface area contributed by atoms with E-state index in [1.54, 1.807) is 11.1 Å². The smallest absolute Gasteiger partial charge is 0.320 e. The van der Waals surface area contributed by atoms with Gasteiger partial charge in [0.25, 0.3) is 5.91 Å². The van der Waals surface area contributed by atoms with E-state index in [2.05, 4.69) is 32.7 Å². The van der Waals surface area contributed by atoms with E-state index in [1.807, 2.05) is 24.1 Å². The Balaban J connectivity index is 1.33. The first-order valence-electron chi connectivity index (χ1n) is 12.5. The van der Waals surface area contributed by atoms with E-state index >= 15 is 0 Å². The van der Waals surface area contributed by atoms with Crippen molar-refractivity contribution in [1.29, 1.82) is 0 Å². The predicted molar refractivity (Wildman–Crippen MR) is 135 cm³/mol. The molecule has 3 saturated heterocycles. The maximum absolute atomic E-state index is 12.5. The molecule has 1 atom stereocenters. The van der Waals surface area contributed by atoms with Crippen molar-refractivity contribution in [2.24, 2.45) is 5.73 Å². The number of nitrogens with one attached hydrogen (secondary N) is 2. The summed E-state index contributed by atoms with van der Waals surface area (Å²) < 4.78 is 0. The summed E-state index contributed by atoms with van der Waals surface area (Å²) in [5.41, 5.74) is 7.87. The Morgan fingerprint density at radius 1 is 1.11 bits per heavy atom. The second-order valence-corrected chi connectivity index (χ2v) is 9.70. The zero-order valence-electron chi connectivity index (χ0n) is 20.2. The van der Waals surface area contributed by atoms with Crippen molar-refractivity contribution in [1.82, 2.24) is 25.1 Å². The topological polar surface area (TPSA) is 120 Å². The first kappa shape index (κ1) is 23.3. The fourth-order valence-electron chi connectivity index (χ4n) is 5.35. The summed E-state index contributed by atoms with van der Waals surface area (Å²) in [7, 11) is 1.84. The number of aromatic nitrogens is 2. The average molecular weight is 479 g/mol. The van der Waals surface area contributed by atoms with Gasteiger partial charge in [-0.3, -0.25) is 4.79 Å². The van der Waals surface area contributed by atoms with E-state index in [-0.39, 0.29) is 17.8 Å². The molecule has 1 aromatic carbocycles. The van der Waals surface area contributed by atoms with Gasteiger partial charge in [0.05, 0.1) is 12.2 Å². The van der Waals surface area contributed by atoms with Crippen molar-refractivity contribution < 1.29 is 9.59 Å². The van der Waals surface area contributed by atoms with E-state index in [4.69, 9.17) is 10.7 Å². The number of amides is 3. The van der Waals surface area contributed by atoms with Gasteiger partial charge in [-0.2, -0.15) is 0 Å². The maximum atomic E-state index is 12.5. The normalized spacial score (nSPS) is 21.5. The number of urea groups is 1. The van der Waals surface area contributed by atoms with Crippen molar-refractivity contribution >= 4 is 29.3 Å². The number of nitrogens with zero attached hydrogens (tertiary/aromatic N) is 5. The van der Waals surface area contributed by atoms with Crippen LogP contribution < -0.4 is 21.3 Å². The Labute approximate surface area is 205 Å². The Bertz CT molecular complexity index is 1070. The molecule has 3 aliphatic rings. The summed E-state index contributed by atoms with van der Waals surface area (Å²) in [6, 6.07) is 8.53. The van der Waals surface area contributed by atoms with Gasteiger partial charge in [0.15, 0.2) is 11.5 Å². The second kappa shape index (κ2) is 10.1. The van der Waals surface area contributed by atoms with Gasteiger partial charge in [-0.1, -0.05) is 12.1 Å². The molecule has 35 heavy (non-hydrogen) atoms. The molecular weight excluding hydrogens is 444 g/mol. The monoisotopic (exact) mass is 478 g/mol. The molecule has 0 aliphatic carbocycles. The Kier molecular flexibility index (Phi) is 6.72. The van der Waals surface area contributed by atoms with Crippen LogP contribution in [-0.2, 0) is 0 Å². The highest BCUT2D eigenvalue weighted by Crippen LogP contribution is 2.29. The lowest BCUT2D eigenvalue weighted by Gasteiger charge is -2.37. The van der Waals surface area contributed by atoms with Crippen LogP contribution >= 0.6 is 0 Å². The van der Waals surface area contributed by atoms with Gasteiger partial charge in [-0.15, -0.1) is 0 Å². The minimum Gasteiger partial charge on any atom is -0.364 e. The summed E-state index contributed by atoms with van der Waals surface area (Å²) in [6.07, 6.45) is 5.81. The van der Waals surface area contributed by atoms with E-state index < -0.39 is 5.91 Å². The molecule has 3 amide bonds. The molecule has 2 aromatic rings. The third-order valence-electron chi connectivity index (χ3n) is 7.39. The Morgan fingerprint density at radius 3 is 2.57 bits per heavy atom. The molecule has 0 spiro atoms. The van der Waals surface area contributed by atoms with Crippen LogP contribution in [-0.4, -0.2) is 84.1 Å². The van der Waals surface area contributed by atoms with Crippen LogP contribution in [0.15, 0.2) is 30.5 Å². The molecule has 3 aliphatic heterocycles. The highest BCUT2D eigenvalue weighted by molar-refractivity contribution is 5.96. The molecule has 186 valence electrons. The number of piperidine rings is 2. The fraction of sp³-hybridized carbons (Fsp3) is 0.520. The second-order valence-electron chi connectivity index (χ2n) is 9.70. The molecule has 10 heteroatoms. The summed E-state index contributed by atoms with van der Waals surface area (Å²) in [5.74, 6) is 0.973. The number of hydrogen-bond acceptors (Lipinski definition) is 7. The molecule has 0 bridgehead atoms. The minimum absolute atomic E-state index is 0.0855. The van der Waals surface area contributed by atoms with Gasteiger partial charge in [-0.05, 0) is 62.4 Å². The predicted octanol–water partition coefficient (Wildman–Crippen LogP) is 2.12. The lowest BCUT2D eigenvalue weighted by Crippen LogP contribution is -2.49. The van der Waals surface area contributed by atoms with E-state index in [0.717, 1.165) is 64.1 Å². The van der Waals surface area contributed by atoms with E-state index in [0.29, 0.717) is 24.1 Å². The molecule has 10 nitrogen and oxygen atoms in total. The average Bonchev–Trinajstić information content (AvgIpc) is 3.23. The lowest BCUT2D eigenvalue weighted by molar-refractivity contribution is 0.0996. The van der Waals surface area contributed by atoms with Crippen molar-refractivity contribution in [3.8, 4) is 0 Å². The zero-order chi connectivity index (χ0) is 24.4. The van der Waals surface area contributed by atoms with E-state index in [1.165, 1.54) is 5.56 Å². The molecule has 0 saturated carbocycles. The number of benzene rings is 1. The number of nitrogens with two attached hydrogens (primary N) is 1. The molecule has 4 N–H and O–H groups in total. The van der Waals surface area contributed by atoms with Gasteiger partial charge in [0.1, 0.15) is 5.82 Å². The first-order chi connectivity index (χ1) is 17.0. The number of rotatable bonds is 6. The van der Waals surface area contributed by atoms with Gasteiger partial charge in [0.2, 0.25) is 0 Å². The van der Waals surface area contributed by atoms with Crippen molar-refractivity contribution in [2.75, 3.05) is 56.5 Å². The first-order valence-corrected chi connectivity index (χ1v) is 12.5. The van der Waals surface area contributed by atoms with Gasteiger partial charge >= 0.3 is 6.03 Å². The van der Waals surface area contributed by atoms with Gasteiger partial charge < -0.3 is 31.1 Å². The highest BCUT2D eigenvalue weighted by Gasteiger charge is 2.34. The van der Waals surface area contributed by atoms with Crippen LogP contribution in [0.4, 0.5) is 22.1 Å². The maximum Gasteiger partial charge on any atom is 0.320 e. The number of carbonyl (C=O) groups excluding carboxylic acids is 2. The van der Waals surface area contributed by atoms with Crippen LogP contribution in [0.1, 0.15) is 47.7 Å². The summed E-state index contributed by atoms with van der Waals surface area (Å²) >= 11 is 0. The third kappa shape index (κ3) is 5.02. The molecule has 1 unspecified atom stereocenters. The zero-order valence-corrected chi connectivity index (χ0v) is 20.2. The Morgan fingerprint density at radius 2 is 1.89 bits per heavy atom. The SMILES string of the molecule is CN1CCN(C2CCCN(c3cnc(C(N)=O)c(Nc4ccc(C5CCNCC5)cc4)n3)C2)C1=O.